The molecular weight excluding hydrogens is 262 g/mol. The Morgan fingerprint density at radius 2 is 2.21 bits per heavy atom. The smallest absolute Gasteiger partial charge is 0.164 e. The van der Waals surface area contributed by atoms with E-state index in [9.17, 15) is 0 Å². The molecule has 0 amide bonds. The predicted molar refractivity (Wildman–Crippen MR) is 74.8 cm³/mol. The van der Waals surface area contributed by atoms with Gasteiger partial charge in [0.05, 0.1) is 11.4 Å². The van der Waals surface area contributed by atoms with Crippen LogP contribution < -0.4 is 0 Å². The van der Waals surface area contributed by atoms with E-state index >= 15 is 0 Å². The Balaban J connectivity index is 2.31. The van der Waals surface area contributed by atoms with Crippen molar-refractivity contribution in [2.24, 2.45) is 7.05 Å². The van der Waals surface area contributed by atoms with Crippen molar-refractivity contribution in [2.75, 3.05) is 5.88 Å². The monoisotopic (exact) mass is 275 g/mol. The minimum absolute atomic E-state index is 0.530. The second-order valence-electron chi connectivity index (χ2n) is 4.42. The number of alkyl halides is 1. The second kappa shape index (κ2) is 4.66. The zero-order valence-corrected chi connectivity index (χ0v) is 11.6. The number of hydrogen-bond donors (Lipinski definition) is 0. The number of hydrogen-bond acceptors (Lipinski definition) is 3. The van der Waals surface area contributed by atoms with Crippen molar-refractivity contribution >= 4 is 22.8 Å². The van der Waals surface area contributed by atoms with Gasteiger partial charge in [-0.3, -0.25) is 9.25 Å². The van der Waals surface area contributed by atoms with E-state index in [1.807, 2.05) is 36.9 Å². The van der Waals surface area contributed by atoms with Crippen LogP contribution in [0.3, 0.4) is 0 Å². The first kappa shape index (κ1) is 12.2. The van der Waals surface area contributed by atoms with Crippen molar-refractivity contribution in [3.63, 3.8) is 0 Å². The third-order valence-electron chi connectivity index (χ3n) is 3.03. The Morgan fingerprint density at radius 1 is 1.37 bits per heavy atom. The van der Waals surface area contributed by atoms with Gasteiger partial charge < -0.3 is 0 Å². The molecule has 0 atom stereocenters. The van der Waals surface area contributed by atoms with Gasteiger partial charge >= 0.3 is 0 Å². The van der Waals surface area contributed by atoms with Crippen LogP contribution in [0.1, 0.15) is 11.5 Å². The number of rotatable bonds is 3. The number of halogens is 1. The largest absolute Gasteiger partial charge is 0.277 e. The highest BCUT2D eigenvalue weighted by Crippen LogP contribution is 2.22. The SMILES string of the molecule is Cc1nn(C)cc1-n1c(CCCl)nc2cccnc21. The van der Waals surface area contributed by atoms with Gasteiger partial charge in [0.1, 0.15) is 11.3 Å². The van der Waals surface area contributed by atoms with Crippen molar-refractivity contribution in [3.05, 3.63) is 36.0 Å². The Morgan fingerprint density at radius 3 is 2.89 bits per heavy atom. The molecule has 98 valence electrons. The van der Waals surface area contributed by atoms with E-state index in [0.717, 1.165) is 28.4 Å². The standard InChI is InChI=1S/C13H14ClN5/c1-9-11(8-18(2)17-9)19-12(5-6-14)16-10-4-3-7-15-13(10)19/h3-4,7-8H,5-6H2,1-2H3. The fourth-order valence-corrected chi connectivity index (χ4v) is 2.44. The van der Waals surface area contributed by atoms with Crippen LogP contribution in [-0.4, -0.2) is 30.2 Å². The molecule has 0 N–H and O–H groups in total. The number of aryl methyl sites for hydroxylation is 3. The fourth-order valence-electron chi connectivity index (χ4n) is 2.27. The number of nitrogens with zero attached hydrogens (tertiary/aromatic N) is 5. The Labute approximate surface area is 115 Å². The Bertz CT molecular complexity index is 728. The number of aromatic nitrogens is 5. The van der Waals surface area contributed by atoms with Crippen LogP contribution >= 0.6 is 11.6 Å². The third kappa shape index (κ3) is 2.00. The summed E-state index contributed by atoms with van der Waals surface area (Å²) in [4.78, 5) is 9.04. The lowest BCUT2D eigenvalue weighted by Crippen LogP contribution is -2.03. The molecule has 0 aliphatic rings. The molecule has 0 radical (unpaired) electrons. The minimum atomic E-state index is 0.530. The summed E-state index contributed by atoms with van der Waals surface area (Å²) in [6.45, 7) is 1.98. The molecule has 0 unspecified atom stereocenters. The summed E-state index contributed by atoms with van der Waals surface area (Å²) < 4.78 is 3.84. The molecule has 0 saturated carbocycles. The molecule has 19 heavy (non-hydrogen) atoms. The first-order valence-electron chi connectivity index (χ1n) is 6.09. The molecule has 0 aliphatic heterocycles. The molecule has 3 aromatic heterocycles. The summed E-state index contributed by atoms with van der Waals surface area (Å²) in [5.41, 5.74) is 3.68. The van der Waals surface area contributed by atoms with Gasteiger partial charge in [0.15, 0.2) is 5.65 Å². The lowest BCUT2D eigenvalue weighted by Gasteiger charge is -2.05. The maximum Gasteiger partial charge on any atom is 0.164 e. The van der Waals surface area contributed by atoms with Gasteiger partial charge in [-0.15, -0.1) is 11.6 Å². The van der Waals surface area contributed by atoms with Crippen molar-refractivity contribution in [2.45, 2.75) is 13.3 Å². The summed E-state index contributed by atoms with van der Waals surface area (Å²) in [5, 5.41) is 4.38. The highest BCUT2D eigenvalue weighted by Gasteiger charge is 2.16. The summed E-state index contributed by atoms with van der Waals surface area (Å²) >= 11 is 5.87. The highest BCUT2D eigenvalue weighted by molar-refractivity contribution is 6.17. The van der Waals surface area contributed by atoms with Crippen molar-refractivity contribution in [1.82, 2.24) is 24.3 Å². The van der Waals surface area contributed by atoms with Crippen molar-refractivity contribution in [3.8, 4) is 5.69 Å². The summed E-state index contributed by atoms with van der Waals surface area (Å²) in [6, 6.07) is 3.85. The van der Waals surface area contributed by atoms with Gasteiger partial charge in [-0.2, -0.15) is 5.10 Å². The van der Waals surface area contributed by atoms with Crippen LogP contribution in [0.4, 0.5) is 0 Å². The normalized spacial score (nSPS) is 11.3. The molecule has 0 aliphatic carbocycles. The van der Waals surface area contributed by atoms with E-state index in [4.69, 9.17) is 11.6 Å². The van der Waals surface area contributed by atoms with Gasteiger partial charge in [-0.1, -0.05) is 0 Å². The van der Waals surface area contributed by atoms with E-state index in [1.54, 1.807) is 10.9 Å². The fraction of sp³-hybridized carbons (Fsp3) is 0.308. The molecule has 3 rings (SSSR count). The van der Waals surface area contributed by atoms with Crippen molar-refractivity contribution < 1.29 is 0 Å². The van der Waals surface area contributed by atoms with Crippen LogP contribution in [0.15, 0.2) is 24.5 Å². The maximum absolute atomic E-state index is 5.87. The van der Waals surface area contributed by atoms with Crippen LogP contribution in [0.25, 0.3) is 16.9 Å². The van der Waals surface area contributed by atoms with Gasteiger partial charge in [0.2, 0.25) is 0 Å². The zero-order valence-electron chi connectivity index (χ0n) is 10.8. The average molecular weight is 276 g/mol. The minimum Gasteiger partial charge on any atom is -0.277 e. The van der Waals surface area contributed by atoms with Crippen LogP contribution in [0, 0.1) is 6.92 Å². The van der Waals surface area contributed by atoms with Gasteiger partial charge in [-0.05, 0) is 19.1 Å². The molecule has 5 nitrogen and oxygen atoms in total. The van der Waals surface area contributed by atoms with Gasteiger partial charge in [0, 0.05) is 31.7 Å². The Kier molecular flexibility index (Phi) is 2.98. The summed E-state index contributed by atoms with van der Waals surface area (Å²) in [7, 11) is 1.91. The molecular formula is C13H14ClN5. The second-order valence-corrected chi connectivity index (χ2v) is 4.80. The van der Waals surface area contributed by atoms with Gasteiger partial charge in [-0.25, -0.2) is 9.97 Å². The van der Waals surface area contributed by atoms with Crippen LogP contribution in [-0.2, 0) is 13.5 Å². The first-order valence-corrected chi connectivity index (χ1v) is 6.63. The lowest BCUT2D eigenvalue weighted by molar-refractivity contribution is 0.756. The van der Waals surface area contributed by atoms with E-state index in [1.165, 1.54) is 0 Å². The molecule has 0 saturated heterocycles. The number of fused-ring (bicyclic) bond motifs is 1. The predicted octanol–water partition coefficient (Wildman–Crippen LogP) is 2.24. The molecule has 3 heterocycles. The van der Waals surface area contributed by atoms with Crippen LogP contribution in [0.5, 0.6) is 0 Å². The maximum atomic E-state index is 5.87. The number of imidazole rings is 1. The molecule has 0 spiro atoms. The lowest BCUT2D eigenvalue weighted by atomic mass is 10.3. The highest BCUT2D eigenvalue weighted by atomic mass is 35.5. The molecule has 0 aromatic carbocycles. The first-order chi connectivity index (χ1) is 9.20. The third-order valence-corrected chi connectivity index (χ3v) is 3.22. The van der Waals surface area contributed by atoms with E-state index in [-0.39, 0.29) is 0 Å². The summed E-state index contributed by atoms with van der Waals surface area (Å²) in [6.07, 6.45) is 4.45. The number of pyridine rings is 1. The zero-order chi connectivity index (χ0) is 13.4. The topological polar surface area (TPSA) is 48.5 Å². The molecule has 0 fully saturated rings. The Hall–Kier alpha value is -1.88. The average Bonchev–Trinajstić information content (AvgIpc) is 2.89. The van der Waals surface area contributed by atoms with Crippen LogP contribution in [0.2, 0.25) is 0 Å². The van der Waals surface area contributed by atoms with E-state index in [0.29, 0.717) is 12.3 Å². The molecule has 3 aromatic rings. The molecule has 0 bridgehead atoms. The molecule has 6 heteroatoms. The van der Waals surface area contributed by atoms with E-state index < -0.39 is 0 Å². The van der Waals surface area contributed by atoms with E-state index in [2.05, 4.69) is 15.1 Å². The quantitative estimate of drug-likeness (QED) is 0.689. The van der Waals surface area contributed by atoms with Gasteiger partial charge in [0.25, 0.3) is 0 Å². The van der Waals surface area contributed by atoms with Crippen molar-refractivity contribution in [1.29, 1.82) is 0 Å². The summed E-state index contributed by atoms with van der Waals surface area (Å²) in [5.74, 6) is 1.45.